The van der Waals surface area contributed by atoms with Crippen LogP contribution in [0.15, 0.2) is 11.8 Å². The van der Waals surface area contributed by atoms with Gasteiger partial charge < -0.3 is 9.64 Å². The van der Waals surface area contributed by atoms with E-state index < -0.39 is 0 Å². The molecule has 0 aromatic carbocycles. The fourth-order valence-corrected chi connectivity index (χ4v) is 1.81. The molecule has 2 heteroatoms. The van der Waals surface area contributed by atoms with E-state index in [-0.39, 0.29) is 0 Å². The lowest BCUT2D eigenvalue weighted by Gasteiger charge is -2.31. The van der Waals surface area contributed by atoms with E-state index in [4.69, 9.17) is 4.74 Å². The van der Waals surface area contributed by atoms with Crippen LogP contribution in [0.1, 0.15) is 39.5 Å². The van der Waals surface area contributed by atoms with Crippen molar-refractivity contribution in [1.29, 1.82) is 0 Å². The zero-order chi connectivity index (χ0) is 10.2. The Morgan fingerprint density at radius 2 is 1.93 bits per heavy atom. The monoisotopic (exact) mass is 197 g/mol. The number of morpholine rings is 1. The van der Waals surface area contributed by atoms with Crippen LogP contribution in [0.5, 0.6) is 0 Å². The van der Waals surface area contributed by atoms with Crippen molar-refractivity contribution in [2.45, 2.75) is 39.5 Å². The molecule has 0 unspecified atom stereocenters. The number of hydrogen-bond acceptors (Lipinski definition) is 2. The summed E-state index contributed by atoms with van der Waals surface area (Å²) in [6.07, 6.45) is 7.34. The summed E-state index contributed by atoms with van der Waals surface area (Å²) in [6, 6.07) is 0. The van der Waals surface area contributed by atoms with Crippen molar-refractivity contribution in [3.8, 4) is 0 Å². The van der Waals surface area contributed by atoms with Gasteiger partial charge in [-0.2, -0.15) is 0 Å². The van der Waals surface area contributed by atoms with Gasteiger partial charge in [-0.3, -0.25) is 0 Å². The number of ether oxygens (including phenoxy) is 1. The molecule has 0 spiro atoms. The second-order valence-corrected chi connectivity index (χ2v) is 3.83. The second-order valence-electron chi connectivity index (χ2n) is 3.83. The highest BCUT2D eigenvalue weighted by atomic mass is 16.5. The van der Waals surface area contributed by atoms with Crippen LogP contribution in [-0.2, 0) is 4.74 Å². The van der Waals surface area contributed by atoms with Crippen molar-refractivity contribution in [2.24, 2.45) is 0 Å². The first-order chi connectivity index (χ1) is 6.88. The molecule has 0 radical (unpaired) electrons. The molecule has 0 amide bonds. The highest BCUT2D eigenvalue weighted by molar-refractivity contribution is 5.01. The summed E-state index contributed by atoms with van der Waals surface area (Å²) >= 11 is 0. The lowest BCUT2D eigenvalue weighted by atomic mass is 10.1. The number of rotatable bonds is 5. The number of nitrogens with zero attached hydrogens (tertiary/aromatic N) is 1. The second kappa shape index (κ2) is 6.88. The Kier molecular flexibility index (Phi) is 5.69. The average molecular weight is 197 g/mol. The van der Waals surface area contributed by atoms with Gasteiger partial charge in [0.15, 0.2) is 0 Å². The molecule has 82 valence electrons. The summed E-state index contributed by atoms with van der Waals surface area (Å²) in [6.45, 7) is 8.44. The third-order valence-corrected chi connectivity index (χ3v) is 2.59. The Hall–Kier alpha value is -0.500. The van der Waals surface area contributed by atoms with Crippen LogP contribution >= 0.6 is 0 Å². The lowest BCUT2D eigenvalue weighted by Crippen LogP contribution is -2.35. The van der Waals surface area contributed by atoms with Crippen LogP contribution in [0.4, 0.5) is 0 Å². The van der Waals surface area contributed by atoms with Gasteiger partial charge in [-0.1, -0.05) is 32.8 Å². The van der Waals surface area contributed by atoms with Gasteiger partial charge in [0, 0.05) is 18.8 Å². The number of allylic oxidation sites excluding steroid dienone is 2. The van der Waals surface area contributed by atoms with Crippen LogP contribution in [0.3, 0.4) is 0 Å². The van der Waals surface area contributed by atoms with Gasteiger partial charge in [0.25, 0.3) is 0 Å². The van der Waals surface area contributed by atoms with Gasteiger partial charge in [-0.05, 0) is 12.8 Å². The first kappa shape index (κ1) is 11.6. The molecular formula is C12H23NO. The van der Waals surface area contributed by atoms with Gasteiger partial charge in [-0.15, -0.1) is 0 Å². The third-order valence-electron chi connectivity index (χ3n) is 2.59. The Labute approximate surface area is 87.9 Å². The van der Waals surface area contributed by atoms with E-state index in [0.717, 1.165) is 26.3 Å². The fourth-order valence-electron chi connectivity index (χ4n) is 1.81. The minimum Gasteiger partial charge on any atom is -0.378 e. The zero-order valence-electron chi connectivity index (χ0n) is 9.59. The molecule has 1 heterocycles. The highest BCUT2D eigenvalue weighted by Crippen LogP contribution is 2.14. The smallest absolute Gasteiger partial charge is 0.0642 e. The van der Waals surface area contributed by atoms with E-state index in [1.54, 1.807) is 0 Å². The maximum Gasteiger partial charge on any atom is 0.0642 e. The van der Waals surface area contributed by atoms with E-state index in [9.17, 15) is 0 Å². The molecule has 0 atom stereocenters. The molecular weight excluding hydrogens is 174 g/mol. The Morgan fingerprint density at radius 3 is 2.50 bits per heavy atom. The lowest BCUT2D eigenvalue weighted by molar-refractivity contribution is 0.0518. The molecule has 0 aromatic heterocycles. The number of hydrogen-bond donors (Lipinski definition) is 0. The molecule has 0 aliphatic carbocycles. The standard InChI is InChI=1S/C12H23NO/c1-3-5-7-12(6-4-2)13-8-10-14-11-9-13/h7H,3-6,8-11H2,1-2H3/b12-7-. The SMILES string of the molecule is CCC/C=C(/CCC)N1CCOCC1. The molecule has 2 nitrogen and oxygen atoms in total. The summed E-state index contributed by atoms with van der Waals surface area (Å²) in [7, 11) is 0. The van der Waals surface area contributed by atoms with Crippen molar-refractivity contribution in [2.75, 3.05) is 26.3 Å². The summed E-state index contributed by atoms with van der Waals surface area (Å²) in [5, 5.41) is 0. The Bertz CT molecular complexity index is 171. The number of unbranched alkanes of at least 4 members (excludes halogenated alkanes) is 1. The topological polar surface area (TPSA) is 12.5 Å². The van der Waals surface area contributed by atoms with Crippen LogP contribution in [0, 0.1) is 0 Å². The molecule has 14 heavy (non-hydrogen) atoms. The van der Waals surface area contributed by atoms with Crippen molar-refractivity contribution in [3.63, 3.8) is 0 Å². The summed E-state index contributed by atoms with van der Waals surface area (Å²) < 4.78 is 5.36. The summed E-state index contributed by atoms with van der Waals surface area (Å²) in [5.74, 6) is 0. The zero-order valence-corrected chi connectivity index (χ0v) is 9.59. The van der Waals surface area contributed by atoms with Crippen molar-refractivity contribution >= 4 is 0 Å². The Balaban J connectivity index is 2.46. The molecule has 1 fully saturated rings. The average Bonchev–Trinajstić information content (AvgIpc) is 2.25. The molecule has 1 rings (SSSR count). The van der Waals surface area contributed by atoms with Crippen molar-refractivity contribution in [3.05, 3.63) is 11.8 Å². The minimum atomic E-state index is 0.896. The van der Waals surface area contributed by atoms with Gasteiger partial charge in [-0.25, -0.2) is 0 Å². The van der Waals surface area contributed by atoms with Crippen LogP contribution in [-0.4, -0.2) is 31.2 Å². The molecule has 1 aliphatic rings. The largest absolute Gasteiger partial charge is 0.378 e. The van der Waals surface area contributed by atoms with E-state index >= 15 is 0 Å². The molecule has 0 aromatic rings. The predicted molar refractivity (Wildman–Crippen MR) is 60.3 cm³/mol. The van der Waals surface area contributed by atoms with Gasteiger partial charge >= 0.3 is 0 Å². The quantitative estimate of drug-likeness (QED) is 0.672. The van der Waals surface area contributed by atoms with E-state index in [2.05, 4.69) is 24.8 Å². The Morgan fingerprint density at radius 1 is 1.21 bits per heavy atom. The molecule has 1 saturated heterocycles. The van der Waals surface area contributed by atoms with Gasteiger partial charge in [0.2, 0.25) is 0 Å². The minimum absolute atomic E-state index is 0.896. The predicted octanol–water partition coefficient (Wildman–Crippen LogP) is 2.80. The summed E-state index contributed by atoms with van der Waals surface area (Å²) in [4.78, 5) is 2.49. The van der Waals surface area contributed by atoms with Gasteiger partial charge in [0.1, 0.15) is 0 Å². The van der Waals surface area contributed by atoms with Crippen LogP contribution in [0.25, 0.3) is 0 Å². The maximum absolute atomic E-state index is 5.36. The third kappa shape index (κ3) is 3.70. The van der Waals surface area contributed by atoms with Crippen LogP contribution < -0.4 is 0 Å². The first-order valence-electron chi connectivity index (χ1n) is 5.90. The molecule has 1 aliphatic heterocycles. The summed E-state index contributed by atoms with van der Waals surface area (Å²) in [5.41, 5.74) is 1.54. The van der Waals surface area contributed by atoms with E-state index in [1.165, 1.54) is 31.4 Å². The normalized spacial score (nSPS) is 18.7. The van der Waals surface area contributed by atoms with Crippen LogP contribution in [0.2, 0.25) is 0 Å². The molecule has 0 bridgehead atoms. The highest BCUT2D eigenvalue weighted by Gasteiger charge is 2.12. The van der Waals surface area contributed by atoms with E-state index in [0.29, 0.717) is 0 Å². The van der Waals surface area contributed by atoms with Crippen molar-refractivity contribution < 1.29 is 4.74 Å². The fraction of sp³-hybridized carbons (Fsp3) is 0.833. The first-order valence-corrected chi connectivity index (χ1v) is 5.90. The molecule has 0 N–H and O–H groups in total. The van der Waals surface area contributed by atoms with Gasteiger partial charge in [0.05, 0.1) is 13.2 Å². The van der Waals surface area contributed by atoms with E-state index in [1.807, 2.05) is 0 Å². The molecule has 0 saturated carbocycles. The maximum atomic E-state index is 5.36. The van der Waals surface area contributed by atoms with Crippen molar-refractivity contribution in [1.82, 2.24) is 4.90 Å².